The molecule has 1 fully saturated rings. The minimum absolute atomic E-state index is 0.764. The van der Waals surface area contributed by atoms with Crippen LogP contribution in [0.5, 0.6) is 0 Å². The van der Waals surface area contributed by atoms with Gasteiger partial charge in [-0.15, -0.1) is 0 Å². The van der Waals surface area contributed by atoms with Gasteiger partial charge in [0.05, 0.1) is 6.61 Å². The van der Waals surface area contributed by atoms with Crippen molar-refractivity contribution in [3.63, 3.8) is 0 Å². The minimum Gasteiger partial charge on any atom is -0.494 e. The molecule has 1 rings (SSSR count). The highest BCUT2D eigenvalue weighted by atomic mass is 16.5. The molecular formula is C8H14O. The zero-order chi connectivity index (χ0) is 7.28. The molecule has 1 nitrogen and oxygen atoms in total. The van der Waals surface area contributed by atoms with Crippen LogP contribution < -0.4 is 0 Å². The lowest BCUT2D eigenvalue weighted by Gasteiger charge is -1.90. The number of hydrogen-bond acceptors (Lipinski definition) is 1. The molecule has 0 bridgehead atoms. The van der Waals surface area contributed by atoms with Gasteiger partial charge in [0.15, 0.2) is 0 Å². The summed E-state index contributed by atoms with van der Waals surface area (Å²) >= 11 is 0. The summed E-state index contributed by atoms with van der Waals surface area (Å²) < 4.78 is 4.97. The van der Waals surface area contributed by atoms with Crippen molar-refractivity contribution in [2.24, 2.45) is 0 Å². The lowest BCUT2D eigenvalue weighted by atomic mass is 10.2. The Bertz CT molecular complexity index is 99.7. The Hall–Kier alpha value is -0.720. The second-order valence-corrected chi connectivity index (χ2v) is 1.63. The molecule has 0 aromatic rings. The molecule has 1 saturated heterocycles. The van der Waals surface area contributed by atoms with Gasteiger partial charge in [-0.25, -0.2) is 0 Å². The monoisotopic (exact) mass is 126 g/mol. The van der Waals surface area contributed by atoms with Crippen LogP contribution in [0.15, 0.2) is 24.5 Å². The molecule has 1 heteroatoms. The second-order valence-electron chi connectivity index (χ2n) is 1.63. The van der Waals surface area contributed by atoms with Gasteiger partial charge in [-0.05, 0) is 5.57 Å². The minimum atomic E-state index is 0.764. The molecule has 0 amide bonds. The van der Waals surface area contributed by atoms with Gasteiger partial charge in [0.1, 0.15) is 5.76 Å². The van der Waals surface area contributed by atoms with E-state index in [9.17, 15) is 0 Å². The second kappa shape index (κ2) is 4.19. The SMILES string of the molecule is C=C1CCOC1=C.CC. The van der Waals surface area contributed by atoms with Crippen molar-refractivity contribution in [1.29, 1.82) is 0 Å². The smallest absolute Gasteiger partial charge is 0.114 e. The summed E-state index contributed by atoms with van der Waals surface area (Å²) in [5, 5.41) is 0. The van der Waals surface area contributed by atoms with Crippen molar-refractivity contribution >= 4 is 0 Å². The summed E-state index contributed by atoms with van der Waals surface area (Å²) in [5.41, 5.74) is 1.04. The molecule has 0 unspecified atom stereocenters. The first-order valence-corrected chi connectivity index (χ1v) is 3.30. The van der Waals surface area contributed by atoms with Crippen LogP contribution in [0.1, 0.15) is 20.3 Å². The van der Waals surface area contributed by atoms with Crippen LogP contribution in [-0.2, 0) is 4.74 Å². The Morgan fingerprint density at radius 1 is 1.33 bits per heavy atom. The molecule has 0 aromatic carbocycles. The fourth-order valence-electron chi connectivity index (χ4n) is 0.539. The largest absolute Gasteiger partial charge is 0.494 e. The van der Waals surface area contributed by atoms with Gasteiger partial charge in [0.2, 0.25) is 0 Å². The van der Waals surface area contributed by atoms with Gasteiger partial charge in [0, 0.05) is 6.42 Å². The van der Waals surface area contributed by atoms with Crippen LogP contribution >= 0.6 is 0 Å². The quantitative estimate of drug-likeness (QED) is 0.484. The predicted molar refractivity (Wildman–Crippen MR) is 40.2 cm³/mol. The maximum atomic E-state index is 4.97. The van der Waals surface area contributed by atoms with Crippen molar-refractivity contribution in [3.8, 4) is 0 Å². The van der Waals surface area contributed by atoms with E-state index in [1.807, 2.05) is 13.8 Å². The first kappa shape index (κ1) is 8.28. The highest BCUT2D eigenvalue weighted by Gasteiger charge is 2.07. The van der Waals surface area contributed by atoms with E-state index in [1.165, 1.54) is 0 Å². The molecule has 1 aliphatic heterocycles. The predicted octanol–water partition coefficient (Wildman–Crippen LogP) is 2.50. The van der Waals surface area contributed by atoms with E-state index < -0.39 is 0 Å². The molecule has 0 atom stereocenters. The maximum absolute atomic E-state index is 4.97. The van der Waals surface area contributed by atoms with Crippen molar-refractivity contribution in [3.05, 3.63) is 24.5 Å². The Morgan fingerprint density at radius 3 is 2.00 bits per heavy atom. The van der Waals surface area contributed by atoms with E-state index in [2.05, 4.69) is 13.2 Å². The van der Waals surface area contributed by atoms with Gasteiger partial charge in [-0.1, -0.05) is 27.0 Å². The molecule has 52 valence electrons. The Labute approximate surface area is 57.0 Å². The molecule has 1 heterocycles. The molecule has 1 aliphatic rings. The number of rotatable bonds is 0. The van der Waals surface area contributed by atoms with Crippen LogP contribution in [-0.4, -0.2) is 6.61 Å². The normalized spacial score (nSPS) is 16.2. The average molecular weight is 126 g/mol. The molecular weight excluding hydrogens is 112 g/mol. The van der Waals surface area contributed by atoms with Crippen molar-refractivity contribution in [2.45, 2.75) is 20.3 Å². The van der Waals surface area contributed by atoms with Crippen LogP contribution in [0.2, 0.25) is 0 Å². The van der Waals surface area contributed by atoms with Gasteiger partial charge in [-0.2, -0.15) is 0 Å². The first-order valence-electron chi connectivity index (χ1n) is 3.30. The zero-order valence-corrected chi connectivity index (χ0v) is 6.24. The van der Waals surface area contributed by atoms with Crippen molar-refractivity contribution in [2.75, 3.05) is 6.61 Å². The van der Waals surface area contributed by atoms with Crippen LogP contribution in [0.4, 0.5) is 0 Å². The fraction of sp³-hybridized carbons (Fsp3) is 0.500. The van der Waals surface area contributed by atoms with Crippen LogP contribution in [0, 0.1) is 0 Å². The van der Waals surface area contributed by atoms with E-state index >= 15 is 0 Å². The van der Waals surface area contributed by atoms with E-state index in [1.54, 1.807) is 0 Å². The summed E-state index contributed by atoms with van der Waals surface area (Å²) in [6.07, 6.45) is 0.957. The summed E-state index contributed by atoms with van der Waals surface area (Å²) in [6, 6.07) is 0. The standard InChI is InChI=1S/C6H8O.C2H6/c1-5-3-4-7-6(5)2;1-2/h1-4H2;1-2H3. The van der Waals surface area contributed by atoms with E-state index in [0.717, 1.165) is 24.4 Å². The van der Waals surface area contributed by atoms with Crippen molar-refractivity contribution < 1.29 is 4.74 Å². The average Bonchev–Trinajstić information content (AvgIpc) is 2.23. The summed E-state index contributed by atoms with van der Waals surface area (Å²) in [7, 11) is 0. The van der Waals surface area contributed by atoms with E-state index in [4.69, 9.17) is 4.74 Å². The van der Waals surface area contributed by atoms with Crippen LogP contribution in [0.25, 0.3) is 0 Å². The Balaban J connectivity index is 0.000000291. The third-order valence-electron chi connectivity index (χ3n) is 1.07. The molecule has 9 heavy (non-hydrogen) atoms. The lowest BCUT2D eigenvalue weighted by Crippen LogP contribution is -1.73. The number of hydrogen-bond donors (Lipinski definition) is 0. The molecule has 0 N–H and O–H groups in total. The summed E-state index contributed by atoms with van der Waals surface area (Å²) in [4.78, 5) is 0. The number of allylic oxidation sites excluding steroid dienone is 1. The van der Waals surface area contributed by atoms with Crippen molar-refractivity contribution in [1.82, 2.24) is 0 Å². The van der Waals surface area contributed by atoms with Gasteiger partial charge in [-0.3, -0.25) is 0 Å². The lowest BCUT2D eigenvalue weighted by molar-refractivity contribution is 0.267. The first-order chi connectivity index (χ1) is 4.30. The Kier molecular flexibility index (Phi) is 3.85. The van der Waals surface area contributed by atoms with E-state index in [0.29, 0.717) is 0 Å². The third kappa shape index (κ3) is 2.36. The molecule has 0 spiro atoms. The topological polar surface area (TPSA) is 9.23 Å². The molecule has 0 aromatic heterocycles. The van der Waals surface area contributed by atoms with Crippen LogP contribution in [0.3, 0.4) is 0 Å². The van der Waals surface area contributed by atoms with Gasteiger partial charge in [0.25, 0.3) is 0 Å². The fourth-order valence-corrected chi connectivity index (χ4v) is 0.539. The maximum Gasteiger partial charge on any atom is 0.114 e. The summed E-state index contributed by atoms with van der Waals surface area (Å²) in [5.74, 6) is 0.764. The van der Waals surface area contributed by atoms with Gasteiger partial charge >= 0.3 is 0 Å². The van der Waals surface area contributed by atoms with E-state index in [-0.39, 0.29) is 0 Å². The highest BCUT2D eigenvalue weighted by Crippen LogP contribution is 2.18. The Morgan fingerprint density at radius 2 is 1.89 bits per heavy atom. The van der Waals surface area contributed by atoms with Gasteiger partial charge < -0.3 is 4.74 Å². The number of ether oxygens (including phenoxy) is 1. The summed E-state index contributed by atoms with van der Waals surface area (Å²) in [6.45, 7) is 12.1. The molecule has 0 saturated carbocycles. The molecule has 0 aliphatic carbocycles. The molecule has 0 radical (unpaired) electrons. The zero-order valence-electron chi connectivity index (χ0n) is 6.24. The highest BCUT2D eigenvalue weighted by molar-refractivity contribution is 5.22. The third-order valence-corrected chi connectivity index (χ3v) is 1.07.